The molecule has 0 unspecified atom stereocenters. The fourth-order valence-corrected chi connectivity index (χ4v) is 3.48. The quantitative estimate of drug-likeness (QED) is 0.266. The van der Waals surface area contributed by atoms with E-state index in [0.717, 1.165) is 25.5 Å². The van der Waals surface area contributed by atoms with Crippen LogP contribution in [-0.4, -0.2) is 68.1 Å². The zero-order chi connectivity index (χ0) is 17.9. The Morgan fingerprint density at radius 1 is 1.25 bits per heavy atom. The molecule has 0 spiro atoms. The third-order valence-corrected chi connectivity index (χ3v) is 7.07. The number of nitrogens with one attached hydrogen (secondary N) is 1. The van der Waals surface area contributed by atoms with Gasteiger partial charge in [0, 0.05) is 44.2 Å². The fraction of sp³-hybridized carbons (Fsp3) is 0.938. The summed E-state index contributed by atoms with van der Waals surface area (Å²) in [5.74, 6) is 1.07. The van der Waals surface area contributed by atoms with Gasteiger partial charge in [0.2, 0.25) is 10.0 Å². The van der Waals surface area contributed by atoms with Gasteiger partial charge in [-0.2, -0.15) is 0 Å². The summed E-state index contributed by atoms with van der Waals surface area (Å²) in [7, 11) is -1.46. The van der Waals surface area contributed by atoms with Gasteiger partial charge in [0.25, 0.3) is 0 Å². The molecule has 0 bridgehead atoms. The lowest BCUT2D eigenvalue weighted by Crippen LogP contribution is -2.72. The smallest absolute Gasteiger partial charge is 0.213 e. The Bertz CT molecular complexity index is 532. The molecule has 0 aliphatic carbocycles. The second-order valence-corrected chi connectivity index (χ2v) is 9.70. The zero-order valence-electron chi connectivity index (χ0n) is 16.2. The molecule has 144 valence electrons. The molecule has 1 fully saturated rings. The van der Waals surface area contributed by atoms with E-state index in [9.17, 15) is 8.42 Å². The Morgan fingerprint density at radius 2 is 1.83 bits per heavy atom. The molecule has 0 radical (unpaired) electrons. The van der Waals surface area contributed by atoms with Gasteiger partial charge in [-0.1, -0.05) is 13.8 Å². The normalized spacial score (nSPS) is 19.7. The van der Waals surface area contributed by atoms with E-state index in [1.54, 1.807) is 14.0 Å². The first-order chi connectivity index (χ1) is 10.5. The first-order valence-corrected chi connectivity index (χ1v) is 10.1. The van der Waals surface area contributed by atoms with Crippen LogP contribution in [0.5, 0.6) is 0 Å². The summed E-state index contributed by atoms with van der Waals surface area (Å²) >= 11 is 0. The van der Waals surface area contributed by atoms with Gasteiger partial charge in [-0.05, 0) is 34.1 Å². The number of sulfonamides is 1. The summed E-state index contributed by atoms with van der Waals surface area (Å²) < 4.78 is 24.9. The molecule has 0 aromatic rings. The van der Waals surface area contributed by atoms with Gasteiger partial charge in [-0.25, -0.2) is 12.7 Å². The molecule has 0 aromatic heterocycles. The van der Waals surface area contributed by atoms with E-state index in [1.165, 1.54) is 4.31 Å². The highest BCUT2D eigenvalue weighted by Crippen LogP contribution is 2.46. The molecule has 0 atom stereocenters. The SMILES string of the molecule is CCNC(=NCCCN(C)S(=O)(=O)CC)N1CC(C)(C)C1(C)C.I. The Labute approximate surface area is 165 Å². The highest BCUT2D eigenvalue weighted by atomic mass is 127. The molecule has 1 aliphatic rings. The van der Waals surface area contributed by atoms with Gasteiger partial charge in [0.05, 0.1) is 5.75 Å². The van der Waals surface area contributed by atoms with E-state index in [-0.39, 0.29) is 40.7 Å². The zero-order valence-corrected chi connectivity index (χ0v) is 19.4. The molecular weight excluding hydrogens is 439 g/mol. The third-order valence-electron chi connectivity index (χ3n) is 5.21. The van der Waals surface area contributed by atoms with E-state index in [2.05, 4.69) is 49.8 Å². The van der Waals surface area contributed by atoms with Crippen molar-refractivity contribution in [3.8, 4) is 0 Å². The lowest BCUT2D eigenvalue weighted by molar-refractivity contribution is -0.0667. The van der Waals surface area contributed by atoms with Crippen molar-refractivity contribution < 1.29 is 8.42 Å². The molecule has 0 amide bonds. The molecule has 1 saturated heterocycles. The monoisotopic (exact) mass is 474 g/mol. The molecule has 6 nitrogen and oxygen atoms in total. The van der Waals surface area contributed by atoms with Crippen molar-refractivity contribution >= 4 is 40.0 Å². The molecular formula is C16H35IN4O2S. The largest absolute Gasteiger partial charge is 0.356 e. The first kappa shape index (κ1) is 23.9. The van der Waals surface area contributed by atoms with Crippen LogP contribution in [0.4, 0.5) is 0 Å². The molecule has 1 N–H and O–H groups in total. The molecule has 0 aromatic carbocycles. The molecule has 1 rings (SSSR count). The second-order valence-electron chi connectivity index (χ2n) is 7.34. The minimum atomic E-state index is -3.09. The highest BCUT2D eigenvalue weighted by molar-refractivity contribution is 14.0. The van der Waals surface area contributed by atoms with E-state index in [0.29, 0.717) is 13.1 Å². The van der Waals surface area contributed by atoms with Gasteiger partial charge in [-0.3, -0.25) is 4.99 Å². The number of guanidine groups is 1. The Kier molecular flexibility index (Phi) is 8.99. The minimum absolute atomic E-state index is 0. The lowest BCUT2D eigenvalue weighted by Gasteiger charge is -2.62. The van der Waals surface area contributed by atoms with E-state index in [4.69, 9.17) is 0 Å². The average Bonchev–Trinajstić information content (AvgIpc) is 2.47. The second kappa shape index (κ2) is 9.02. The maximum Gasteiger partial charge on any atom is 0.213 e. The molecule has 1 aliphatic heterocycles. The summed E-state index contributed by atoms with van der Waals surface area (Å²) in [4.78, 5) is 6.99. The number of halogens is 1. The number of likely N-dealkylation sites (tertiary alicyclic amines) is 1. The Morgan fingerprint density at radius 3 is 2.25 bits per heavy atom. The van der Waals surface area contributed by atoms with Gasteiger partial charge in [0.15, 0.2) is 5.96 Å². The van der Waals surface area contributed by atoms with Crippen LogP contribution >= 0.6 is 24.0 Å². The van der Waals surface area contributed by atoms with Crippen LogP contribution in [0.25, 0.3) is 0 Å². The van der Waals surface area contributed by atoms with Crippen molar-refractivity contribution in [3.05, 3.63) is 0 Å². The molecule has 0 saturated carbocycles. The Balaban J connectivity index is 0.00000529. The topological polar surface area (TPSA) is 65.0 Å². The van der Waals surface area contributed by atoms with Crippen LogP contribution in [-0.2, 0) is 10.0 Å². The van der Waals surface area contributed by atoms with Crippen molar-refractivity contribution in [2.24, 2.45) is 10.4 Å². The lowest BCUT2D eigenvalue weighted by atomic mass is 9.65. The predicted molar refractivity (Wildman–Crippen MR) is 113 cm³/mol. The van der Waals surface area contributed by atoms with Gasteiger partial charge >= 0.3 is 0 Å². The minimum Gasteiger partial charge on any atom is -0.356 e. The number of hydrogen-bond donors (Lipinski definition) is 1. The standard InChI is InChI=1S/C16H34N4O2S.HI/c1-8-17-14(20-13-15(3,4)16(20,5)6)18-11-10-12-19(7)23(21,22)9-2;/h8-13H2,1-7H3,(H,17,18);1H. The fourth-order valence-electron chi connectivity index (χ4n) is 2.63. The number of nitrogens with zero attached hydrogens (tertiary/aromatic N) is 3. The van der Waals surface area contributed by atoms with Crippen molar-refractivity contribution in [1.29, 1.82) is 0 Å². The van der Waals surface area contributed by atoms with Crippen molar-refractivity contribution in [2.75, 3.05) is 39.0 Å². The van der Waals surface area contributed by atoms with E-state index >= 15 is 0 Å². The maximum absolute atomic E-state index is 11.7. The van der Waals surface area contributed by atoms with Crippen molar-refractivity contribution in [1.82, 2.24) is 14.5 Å². The molecule has 24 heavy (non-hydrogen) atoms. The summed E-state index contributed by atoms with van der Waals surface area (Å²) in [6.07, 6.45) is 0.724. The van der Waals surface area contributed by atoms with Gasteiger partial charge < -0.3 is 10.2 Å². The van der Waals surface area contributed by atoms with E-state index < -0.39 is 10.0 Å². The van der Waals surface area contributed by atoms with Crippen molar-refractivity contribution in [3.63, 3.8) is 0 Å². The summed E-state index contributed by atoms with van der Waals surface area (Å²) in [6, 6.07) is 0. The van der Waals surface area contributed by atoms with Crippen LogP contribution < -0.4 is 5.32 Å². The number of hydrogen-bond acceptors (Lipinski definition) is 3. The van der Waals surface area contributed by atoms with Crippen LogP contribution in [0.2, 0.25) is 0 Å². The summed E-state index contributed by atoms with van der Waals surface area (Å²) in [5, 5.41) is 3.35. The summed E-state index contributed by atoms with van der Waals surface area (Å²) in [5.41, 5.74) is 0.328. The number of rotatable bonds is 7. The predicted octanol–water partition coefficient (Wildman–Crippen LogP) is 2.36. The first-order valence-electron chi connectivity index (χ1n) is 8.49. The number of aliphatic imine (C=N–C) groups is 1. The Hall–Kier alpha value is -0.0900. The van der Waals surface area contributed by atoms with Crippen LogP contribution in [0.1, 0.15) is 48.0 Å². The molecule has 8 heteroatoms. The molecule has 1 heterocycles. The van der Waals surface area contributed by atoms with Crippen LogP contribution in [0.15, 0.2) is 4.99 Å². The van der Waals surface area contributed by atoms with Crippen LogP contribution in [0.3, 0.4) is 0 Å². The van der Waals surface area contributed by atoms with Crippen LogP contribution in [0, 0.1) is 5.41 Å². The maximum atomic E-state index is 11.7. The van der Waals surface area contributed by atoms with Gasteiger partial charge in [0.1, 0.15) is 0 Å². The highest BCUT2D eigenvalue weighted by Gasteiger charge is 2.53. The van der Waals surface area contributed by atoms with E-state index in [1.807, 2.05) is 0 Å². The average molecular weight is 474 g/mol. The summed E-state index contributed by atoms with van der Waals surface area (Å²) in [6.45, 7) is 15.7. The third kappa shape index (κ3) is 5.20. The van der Waals surface area contributed by atoms with Crippen molar-refractivity contribution in [2.45, 2.75) is 53.5 Å². The van der Waals surface area contributed by atoms with Gasteiger partial charge in [-0.15, -0.1) is 24.0 Å².